The fourth-order valence-corrected chi connectivity index (χ4v) is 2.12. The highest BCUT2D eigenvalue weighted by atomic mass is 19.4. The van der Waals surface area contributed by atoms with E-state index in [2.05, 4.69) is 5.10 Å². The largest absolute Gasteiger partial charge is 0.435 e. The number of halogens is 3. The van der Waals surface area contributed by atoms with Crippen LogP contribution in [0, 0.1) is 0 Å². The van der Waals surface area contributed by atoms with Gasteiger partial charge in [0, 0.05) is 11.3 Å². The summed E-state index contributed by atoms with van der Waals surface area (Å²) in [6.07, 6.45) is -1.26. The van der Waals surface area contributed by atoms with Gasteiger partial charge in [0.2, 0.25) is 0 Å². The Morgan fingerprint density at radius 2 is 2.00 bits per heavy atom. The summed E-state index contributed by atoms with van der Waals surface area (Å²) in [7, 11) is 0. The molecule has 1 aromatic rings. The summed E-state index contributed by atoms with van der Waals surface area (Å²) in [4.78, 5) is 10.4. The van der Waals surface area contributed by atoms with Crippen LogP contribution in [0.1, 0.15) is 29.8 Å². The van der Waals surface area contributed by atoms with E-state index < -0.39 is 11.9 Å². The lowest BCUT2D eigenvalue weighted by Crippen LogP contribution is -2.11. The fraction of sp³-hybridized carbons (Fsp3) is 0.600. The minimum absolute atomic E-state index is 0.0988. The summed E-state index contributed by atoms with van der Waals surface area (Å²) in [5.74, 6) is 0. The van der Waals surface area contributed by atoms with Gasteiger partial charge < -0.3 is 4.79 Å². The molecule has 0 amide bonds. The van der Waals surface area contributed by atoms with Gasteiger partial charge in [-0.05, 0) is 25.7 Å². The standard InChI is InChI=1S/C10H11F3N2O/c11-10(12,13)9-7-3-1-2-4-8(7)15(14-9)5-6-16/h6H,1-5H2. The van der Waals surface area contributed by atoms with Crippen LogP contribution in [0.2, 0.25) is 0 Å². The van der Waals surface area contributed by atoms with Gasteiger partial charge in [-0.1, -0.05) is 0 Å². The Morgan fingerprint density at radius 1 is 1.31 bits per heavy atom. The molecule has 0 unspecified atom stereocenters. The van der Waals surface area contributed by atoms with Gasteiger partial charge in [-0.2, -0.15) is 18.3 Å². The van der Waals surface area contributed by atoms with Crippen LogP contribution in [0.15, 0.2) is 0 Å². The first-order chi connectivity index (χ1) is 7.54. The Hall–Kier alpha value is -1.33. The summed E-state index contributed by atoms with van der Waals surface area (Å²) in [6.45, 7) is -0.0988. The number of alkyl halides is 3. The zero-order valence-corrected chi connectivity index (χ0v) is 8.55. The molecule has 1 aliphatic rings. The monoisotopic (exact) mass is 232 g/mol. The van der Waals surface area contributed by atoms with Crippen LogP contribution in [-0.4, -0.2) is 16.1 Å². The molecule has 0 fully saturated rings. The smallest absolute Gasteiger partial charge is 0.301 e. The van der Waals surface area contributed by atoms with E-state index in [-0.39, 0.29) is 12.1 Å². The highest BCUT2D eigenvalue weighted by Gasteiger charge is 2.39. The van der Waals surface area contributed by atoms with Crippen LogP contribution >= 0.6 is 0 Å². The lowest BCUT2D eigenvalue weighted by atomic mass is 9.95. The van der Waals surface area contributed by atoms with Gasteiger partial charge in [0.15, 0.2) is 5.69 Å². The first-order valence-corrected chi connectivity index (χ1v) is 5.13. The summed E-state index contributed by atoms with van der Waals surface area (Å²) in [5, 5.41) is 3.51. The van der Waals surface area contributed by atoms with E-state index in [1.54, 1.807) is 0 Å². The maximum Gasteiger partial charge on any atom is 0.435 e. The van der Waals surface area contributed by atoms with Crippen molar-refractivity contribution in [3.63, 3.8) is 0 Å². The highest BCUT2D eigenvalue weighted by molar-refractivity contribution is 5.49. The molecule has 3 nitrogen and oxygen atoms in total. The zero-order chi connectivity index (χ0) is 11.8. The molecule has 0 aliphatic heterocycles. The second-order valence-electron chi connectivity index (χ2n) is 3.83. The SMILES string of the molecule is O=CCn1nc(C(F)(F)F)c2c1CCCC2. The maximum absolute atomic E-state index is 12.7. The van der Waals surface area contributed by atoms with Gasteiger partial charge in [-0.15, -0.1) is 0 Å². The normalized spacial score (nSPS) is 15.9. The molecule has 1 aromatic heterocycles. The molecule has 0 saturated carbocycles. The quantitative estimate of drug-likeness (QED) is 0.731. The third-order valence-corrected chi connectivity index (χ3v) is 2.77. The number of hydrogen-bond acceptors (Lipinski definition) is 2. The van der Waals surface area contributed by atoms with E-state index >= 15 is 0 Å². The topological polar surface area (TPSA) is 34.9 Å². The first-order valence-electron chi connectivity index (χ1n) is 5.13. The molecule has 1 heterocycles. The van der Waals surface area contributed by atoms with Crippen molar-refractivity contribution in [3.05, 3.63) is 17.0 Å². The van der Waals surface area contributed by atoms with Crippen LogP contribution < -0.4 is 0 Å². The Balaban J connectivity index is 2.50. The lowest BCUT2D eigenvalue weighted by Gasteiger charge is -2.13. The number of aromatic nitrogens is 2. The number of fused-ring (bicyclic) bond motifs is 1. The van der Waals surface area contributed by atoms with Crippen molar-refractivity contribution in [3.8, 4) is 0 Å². The molecule has 6 heteroatoms. The molecular weight excluding hydrogens is 221 g/mol. The molecule has 16 heavy (non-hydrogen) atoms. The second-order valence-corrected chi connectivity index (χ2v) is 3.83. The average molecular weight is 232 g/mol. The zero-order valence-electron chi connectivity index (χ0n) is 8.55. The van der Waals surface area contributed by atoms with E-state index in [0.29, 0.717) is 24.8 Å². The van der Waals surface area contributed by atoms with Crippen LogP contribution in [0.3, 0.4) is 0 Å². The van der Waals surface area contributed by atoms with Crippen molar-refractivity contribution in [2.75, 3.05) is 0 Å². The molecule has 0 saturated heterocycles. The van der Waals surface area contributed by atoms with Gasteiger partial charge in [0.05, 0.1) is 6.54 Å². The summed E-state index contributed by atoms with van der Waals surface area (Å²) in [5.41, 5.74) is 0.0373. The van der Waals surface area contributed by atoms with Crippen LogP contribution in [0.4, 0.5) is 13.2 Å². The number of aldehydes is 1. The van der Waals surface area contributed by atoms with Crippen molar-refractivity contribution < 1.29 is 18.0 Å². The molecule has 88 valence electrons. The molecule has 0 spiro atoms. The van der Waals surface area contributed by atoms with E-state index in [4.69, 9.17) is 0 Å². The van der Waals surface area contributed by atoms with E-state index in [1.807, 2.05) is 0 Å². The van der Waals surface area contributed by atoms with Crippen molar-refractivity contribution >= 4 is 6.29 Å². The molecule has 0 radical (unpaired) electrons. The Morgan fingerprint density at radius 3 is 2.62 bits per heavy atom. The van der Waals surface area contributed by atoms with E-state index in [1.165, 1.54) is 4.68 Å². The highest BCUT2D eigenvalue weighted by Crippen LogP contribution is 2.35. The molecule has 1 aliphatic carbocycles. The van der Waals surface area contributed by atoms with Crippen LogP contribution in [0.25, 0.3) is 0 Å². The number of hydrogen-bond donors (Lipinski definition) is 0. The Bertz CT molecular complexity index is 409. The Labute approximate surface area is 90.2 Å². The number of carbonyl (C=O) groups excluding carboxylic acids is 1. The number of nitrogens with zero attached hydrogens (tertiary/aromatic N) is 2. The molecule has 0 bridgehead atoms. The predicted octanol–water partition coefficient (Wildman–Crippen LogP) is 1.98. The second kappa shape index (κ2) is 3.92. The molecule has 2 rings (SSSR count). The molecule has 0 aromatic carbocycles. The maximum atomic E-state index is 12.7. The Kier molecular flexibility index (Phi) is 2.73. The molecule has 0 atom stereocenters. The van der Waals surface area contributed by atoms with Gasteiger partial charge in [0.1, 0.15) is 6.29 Å². The van der Waals surface area contributed by atoms with E-state index in [0.717, 1.165) is 12.8 Å². The minimum Gasteiger partial charge on any atom is -0.301 e. The fourth-order valence-electron chi connectivity index (χ4n) is 2.12. The summed E-state index contributed by atoms with van der Waals surface area (Å²) >= 11 is 0. The van der Waals surface area contributed by atoms with Crippen LogP contribution in [0.5, 0.6) is 0 Å². The number of rotatable bonds is 2. The van der Waals surface area contributed by atoms with Gasteiger partial charge in [-0.25, -0.2) is 0 Å². The van der Waals surface area contributed by atoms with Gasteiger partial charge in [-0.3, -0.25) is 4.68 Å². The van der Waals surface area contributed by atoms with E-state index in [9.17, 15) is 18.0 Å². The molecule has 0 N–H and O–H groups in total. The minimum atomic E-state index is -4.42. The third-order valence-electron chi connectivity index (χ3n) is 2.77. The van der Waals surface area contributed by atoms with Crippen molar-refractivity contribution in [2.24, 2.45) is 0 Å². The predicted molar refractivity (Wildman–Crippen MR) is 49.9 cm³/mol. The first kappa shape index (κ1) is 11.2. The summed E-state index contributed by atoms with van der Waals surface area (Å²) in [6, 6.07) is 0. The molecular formula is C10H11F3N2O. The van der Waals surface area contributed by atoms with Gasteiger partial charge in [0.25, 0.3) is 0 Å². The van der Waals surface area contributed by atoms with Crippen molar-refractivity contribution in [2.45, 2.75) is 38.4 Å². The number of carbonyl (C=O) groups is 1. The average Bonchev–Trinajstić information content (AvgIpc) is 2.58. The lowest BCUT2D eigenvalue weighted by molar-refractivity contribution is -0.142. The van der Waals surface area contributed by atoms with Crippen molar-refractivity contribution in [1.82, 2.24) is 9.78 Å². The van der Waals surface area contributed by atoms with Crippen molar-refractivity contribution in [1.29, 1.82) is 0 Å². The van der Waals surface area contributed by atoms with Gasteiger partial charge >= 0.3 is 6.18 Å². The van der Waals surface area contributed by atoms with Crippen LogP contribution in [-0.2, 0) is 30.4 Å². The third kappa shape index (κ3) is 1.83. The summed E-state index contributed by atoms with van der Waals surface area (Å²) < 4.78 is 39.2.